The Morgan fingerprint density at radius 2 is 2.17 bits per heavy atom. The summed E-state index contributed by atoms with van der Waals surface area (Å²) in [5.41, 5.74) is 2.87. The van der Waals surface area contributed by atoms with Crippen molar-refractivity contribution in [3.63, 3.8) is 0 Å². The molecule has 4 heteroatoms. The van der Waals surface area contributed by atoms with Gasteiger partial charge in [0.2, 0.25) is 0 Å². The number of allylic oxidation sites excluding steroid dienone is 2. The first kappa shape index (κ1) is 17.5. The maximum Gasteiger partial charge on any atom is 0.334 e. The molecule has 2 atom stereocenters. The number of hydrogen-bond donors (Lipinski definition) is 0. The zero-order chi connectivity index (χ0) is 17.0. The van der Waals surface area contributed by atoms with Crippen molar-refractivity contribution in [3.8, 4) is 0 Å². The van der Waals surface area contributed by atoms with E-state index in [1.807, 2.05) is 19.9 Å². The number of rotatable bonds is 3. The van der Waals surface area contributed by atoms with Crippen molar-refractivity contribution >= 4 is 11.9 Å². The van der Waals surface area contributed by atoms with Gasteiger partial charge in [0.25, 0.3) is 0 Å². The van der Waals surface area contributed by atoms with Crippen LogP contribution in [0.3, 0.4) is 0 Å². The summed E-state index contributed by atoms with van der Waals surface area (Å²) >= 11 is 0. The average Bonchev–Trinajstić information content (AvgIpc) is 2.76. The van der Waals surface area contributed by atoms with Crippen molar-refractivity contribution in [2.24, 2.45) is 11.8 Å². The van der Waals surface area contributed by atoms with Crippen molar-refractivity contribution < 1.29 is 19.1 Å². The van der Waals surface area contributed by atoms with Crippen LogP contribution >= 0.6 is 0 Å². The first-order valence-corrected chi connectivity index (χ1v) is 8.30. The van der Waals surface area contributed by atoms with Crippen LogP contribution in [-0.2, 0) is 19.1 Å². The Bertz CT molecular complexity index is 554. The van der Waals surface area contributed by atoms with E-state index in [-0.39, 0.29) is 36.5 Å². The molecule has 4 nitrogen and oxygen atoms in total. The van der Waals surface area contributed by atoms with Gasteiger partial charge in [-0.1, -0.05) is 32.1 Å². The highest BCUT2D eigenvalue weighted by molar-refractivity contribution is 5.91. The molecule has 0 radical (unpaired) electrons. The van der Waals surface area contributed by atoms with Gasteiger partial charge in [-0.3, -0.25) is 4.79 Å². The minimum Gasteiger partial charge on any atom is -0.461 e. The fourth-order valence-electron chi connectivity index (χ4n) is 2.88. The Morgan fingerprint density at radius 1 is 1.43 bits per heavy atom. The molecule has 1 aliphatic heterocycles. The van der Waals surface area contributed by atoms with E-state index in [9.17, 15) is 9.59 Å². The molecule has 0 aromatic rings. The Balaban J connectivity index is 2.16. The van der Waals surface area contributed by atoms with Crippen LogP contribution in [0.25, 0.3) is 0 Å². The van der Waals surface area contributed by atoms with Crippen LogP contribution in [-0.4, -0.2) is 24.6 Å². The highest BCUT2D eigenvalue weighted by atomic mass is 16.6. The van der Waals surface area contributed by atoms with E-state index in [1.165, 1.54) is 5.57 Å². The minimum absolute atomic E-state index is 0.0137. The molecule has 2 rings (SSSR count). The lowest BCUT2D eigenvalue weighted by Gasteiger charge is -2.18. The number of esters is 2. The lowest BCUT2D eigenvalue weighted by atomic mass is 9.88. The number of ether oxygens (including phenoxy) is 2. The molecule has 23 heavy (non-hydrogen) atoms. The highest BCUT2D eigenvalue weighted by Gasteiger charge is 2.37. The van der Waals surface area contributed by atoms with E-state index in [2.05, 4.69) is 19.6 Å². The minimum atomic E-state index is -0.310. The molecule has 0 aromatic heterocycles. The first-order valence-electron chi connectivity index (χ1n) is 8.30. The molecular formula is C19H26O4. The van der Waals surface area contributed by atoms with Gasteiger partial charge in [-0.05, 0) is 44.3 Å². The van der Waals surface area contributed by atoms with Crippen LogP contribution in [0.5, 0.6) is 0 Å². The predicted molar refractivity (Wildman–Crippen MR) is 88.6 cm³/mol. The summed E-state index contributed by atoms with van der Waals surface area (Å²) in [6.45, 7) is 9.88. The summed E-state index contributed by atoms with van der Waals surface area (Å²) in [7, 11) is 0. The largest absolute Gasteiger partial charge is 0.461 e. The van der Waals surface area contributed by atoms with Crippen LogP contribution in [0.1, 0.15) is 46.5 Å². The van der Waals surface area contributed by atoms with Crippen LogP contribution < -0.4 is 0 Å². The highest BCUT2D eigenvalue weighted by Crippen LogP contribution is 2.34. The van der Waals surface area contributed by atoms with Crippen molar-refractivity contribution in [1.29, 1.82) is 0 Å². The Kier molecular flexibility index (Phi) is 5.80. The van der Waals surface area contributed by atoms with Gasteiger partial charge in [-0.2, -0.15) is 0 Å². The molecule has 0 unspecified atom stereocenters. The van der Waals surface area contributed by atoms with Crippen LogP contribution in [0, 0.1) is 11.8 Å². The Hall–Kier alpha value is -1.84. The van der Waals surface area contributed by atoms with Crippen LogP contribution in [0.15, 0.2) is 35.5 Å². The molecule has 1 heterocycles. The molecule has 1 aliphatic carbocycles. The van der Waals surface area contributed by atoms with Crippen molar-refractivity contribution in [2.75, 3.05) is 6.61 Å². The average molecular weight is 318 g/mol. The third-order valence-electron chi connectivity index (χ3n) is 4.43. The standard InChI is InChI=1S/C19H26O4/c1-12(2)18(20)22-11-15-7-5-6-13(3)8-9-16-14(4)19(21)23-17(16)10-15/h6,10,12,16-17H,4-5,7-9,11H2,1-3H3/b13-6-,15-10+/t16-,17+/m0/s1. The quantitative estimate of drug-likeness (QED) is 0.452. The zero-order valence-electron chi connectivity index (χ0n) is 14.3. The zero-order valence-corrected chi connectivity index (χ0v) is 14.3. The van der Waals surface area contributed by atoms with E-state index in [1.54, 1.807) is 0 Å². The molecule has 0 saturated carbocycles. The fraction of sp³-hybridized carbons (Fsp3) is 0.579. The fourth-order valence-corrected chi connectivity index (χ4v) is 2.88. The van der Waals surface area contributed by atoms with Gasteiger partial charge in [-0.25, -0.2) is 4.79 Å². The normalized spacial score (nSPS) is 29.9. The summed E-state index contributed by atoms with van der Waals surface area (Å²) in [4.78, 5) is 23.5. The summed E-state index contributed by atoms with van der Waals surface area (Å²) in [5, 5.41) is 0. The van der Waals surface area contributed by atoms with Crippen LogP contribution in [0.4, 0.5) is 0 Å². The van der Waals surface area contributed by atoms with Crippen LogP contribution in [0.2, 0.25) is 0 Å². The molecular weight excluding hydrogens is 292 g/mol. The van der Waals surface area contributed by atoms with Gasteiger partial charge < -0.3 is 9.47 Å². The first-order chi connectivity index (χ1) is 10.9. The number of hydrogen-bond acceptors (Lipinski definition) is 4. The molecule has 2 aliphatic rings. The summed E-state index contributed by atoms with van der Waals surface area (Å²) in [6.07, 6.45) is 7.41. The topological polar surface area (TPSA) is 52.6 Å². The van der Waals surface area contributed by atoms with Gasteiger partial charge in [0.15, 0.2) is 0 Å². The summed E-state index contributed by atoms with van der Waals surface area (Å²) < 4.78 is 10.8. The Morgan fingerprint density at radius 3 is 2.87 bits per heavy atom. The smallest absolute Gasteiger partial charge is 0.334 e. The van der Waals surface area contributed by atoms with Gasteiger partial charge in [0.1, 0.15) is 12.7 Å². The van der Waals surface area contributed by atoms with Crippen molar-refractivity contribution in [3.05, 3.63) is 35.5 Å². The molecule has 0 spiro atoms. The van der Waals surface area contributed by atoms with E-state index in [4.69, 9.17) is 9.47 Å². The third-order valence-corrected chi connectivity index (χ3v) is 4.43. The van der Waals surface area contributed by atoms with Gasteiger partial charge in [0.05, 0.1) is 5.92 Å². The molecule has 0 aromatic carbocycles. The van der Waals surface area contributed by atoms with E-state index in [0.717, 1.165) is 31.3 Å². The third kappa shape index (κ3) is 4.57. The Labute approximate surface area is 138 Å². The van der Waals surface area contributed by atoms with Gasteiger partial charge in [0, 0.05) is 11.5 Å². The monoisotopic (exact) mass is 318 g/mol. The second-order valence-corrected chi connectivity index (χ2v) is 6.72. The predicted octanol–water partition coefficient (Wildman–Crippen LogP) is 3.73. The maximum atomic E-state index is 11.8. The van der Waals surface area contributed by atoms with Gasteiger partial charge >= 0.3 is 11.9 Å². The SMILES string of the molecule is C=C1C(=O)O[C@@H]2/C=C(/COC(=O)C(C)C)CC/C=C(/C)CC[C@@H]12. The summed E-state index contributed by atoms with van der Waals surface area (Å²) in [5.74, 6) is -0.649. The number of carbonyl (C=O) groups is 2. The molecule has 0 bridgehead atoms. The molecule has 1 saturated heterocycles. The lowest BCUT2D eigenvalue weighted by Crippen LogP contribution is -2.18. The maximum absolute atomic E-state index is 11.8. The molecule has 1 fully saturated rings. The lowest BCUT2D eigenvalue weighted by molar-refractivity contribution is -0.146. The van der Waals surface area contributed by atoms with E-state index < -0.39 is 0 Å². The second kappa shape index (κ2) is 7.62. The van der Waals surface area contributed by atoms with Gasteiger partial charge in [-0.15, -0.1) is 0 Å². The molecule has 0 N–H and O–H groups in total. The van der Waals surface area contributed by atoms with Crippen molar-refractivity contribution in [1.82, 2.24) is 0 Å². The van der Waals surface area contributed by atoms with E-state index >= 15 is 0 Å². The van der Waals surface area contributed by atoms with Crippen molar-refractivity contribution in [2.45, 2.75) is 52.6 Å². The molecule has 0 amide bonds. The number of carbonyl (C=O) groups excluding carboxylic acids is 2. The molecule has 126 valence electrons. The second-order valence-electron chi connectivity index (χ2n) is 6.72. The van der Waals surface area contributed by atoms with E-state index in [0.29, 0.717) is 5.57 Å². The summed E-state index contributed by atoms with van der Waals surface area (Å²) in [6, 6.07) is 0. The number of fused-ring (bicyclic) bond motifs is 1.